The predicted molar refractivity (Wildman–Crippen MR) is 110 cm³/mol. The van der Waals surface area contributed by atoms with Gasteiger partial charge >= 0.3 is 0 Å². The van der Waals surface area contributed by atoms with Crippen LogP contribution in [0.2, 0.25) is 10.0 Å². The van der Waals surface area contributed by atoms with Gasteiger partial charge in [-0.3, -0.25) is 4.79 Å². The molecule has 0 bridgehead atoms. The van der Waals surface area contributed by atoms with Crippen molar-refractivity contribution in [3.05, 3.63) is 58.1 Å². The molecule has 2 aromatic rings. The number of hydrogen-bond acceptors (Lipinski definition) is 3. The second-order valence-electron chi connectivity index (χ2n) is 6.60. The molecular formula is C19H22Cl2N2O3S. The first-order chi connectivity index (χ1) is 12.7. The zero-order valence-corrected chi connectivity index (χ0v) is 17.5. The lowest BCUT2D eigenvalue weighted by molar-refractivity contribution is -0.116. The third kappa shape index (κ3) is 7.14. The predicted octanol–water partition coefficient (Wildman–Crippen LogP) is 4.50. The van der Waals surface area contributed by atoms with Crippen LogP contribution in [-0.2, 0) is 21.2 Å². The second-order valence-corrected chi connectivity index (χ2v) is 9.24. The normalized spacial score (nSPS) is 11.6. The van der Waals surface area contributed by atoms with Crippen LogP contribution in [0.4, 0.5) is 5.69 Å². The number of amides is 1. The van der Waals surface area contributed by atoms with E-state index in [0.717, 1.165) is 5.56 Å². The second kappa shape index (κ2) is 9.55. The summed E-state index contributed by atoms with van der Waals surface area (Å²) in [5, 5.41) is 3.63. The molecular weight excluding hydrogens is 407 g/mol. The van der Waals surface area contributed by atoms with Gasteiger partial charge in [-0.15, -0.1) is 0 Å². The Morgan fingerprint density at radius 3 is 2.19 bits per heavy atom. The van der Waals surface area contributed by atoms with E-state index in [0.29, 0.717) is 28.7 Å². The van der Waals surface area contributed by atoms with Gasteiger partial charge in [0.2, 0.25) is 15.9 Å². The van der Waals surface area contributed by atoms with Crippen LogP contribution in [-0.4, -0.2) is 20.9 Å². The summed E-state index contributed by atoms with van der Waals surface area (Å²) < 4.78 is 26.9. The Hall–Kier alpha value is -1.60. The minimum atomic E-state index is -3.51. The molecule has 0 spiro atoms. The molecule has 0 fully saturated rings. The fourth-order valence-corrected chi connectivity index (χ4v) is 4.04. The van der Waals surface area contributed by atoms with Gasteiger partial charge in [-0.25, -0.2) is 13.1 Å². The van der Waals surface area contributed by atoms with E-state index in [4.69, 9.17) is 23.2 Å². The molecule has 0 unspecified atom stereocenters. The highest BCUT2D eigenvalue weighted by atomic mass is 35.5. The summed E-state index contributed by atoms with van der Waals surface area (Å²) in [6, 6.07) is 11.4. The Bertz CT molecular complexity index is 877. The molecule has 2 aromatic carbocycles. The molecule has 0 heterocycles. The molecule has 1 amide bonds. The summed E-state index contributed by atoms with van der Waals surface area (Å²) in [4.78, 5) is 12.3. The molecule has 8 heteroatoms. The smallest absolute Gasteiger partial charge is 0.240 e. The molecule has 0 saturated heterocycles. The maximum absolute atomic E-state index is 12.2. The van der Waals surface area contributed by atoms with Gasteiger partial charge in [0.15, 0.2) is 0 Å². The monoisotopic (exact) mass is 428 g/mol. The molecule has 0 atom stereocenters. The summed E-state index contributed by atoms with van der Waals surface area (Å²) >= 11 is 11.8. The summed E-state index contributed by atoms with van der Waals surface area (Å²) in [5.74, 6) is 0.0515. The van der Waals surface area contributed by atoms with Crippen LogP contribution in [0.1, 0.15) is 25.8 Å². The SMILES string of the molecule is CC(C)CNS(=O)(=O)c1ccc(CCC(=O)Nc2cc(Cl)cc(Cl)c2)cc1. The van der Waals surface area contributed by atoms with Gasteiger partial charge in [-0.1, -0.05) is 49.2 Å². The number of rotatable bonds is 8. The molecule has 0 aliphatic carbocycles. The standard InChI is InChI=1S/C19H22Cl2N2O3S/c1-13(2)12-22-27(25,26)18-6-3-14(4-7-18)5-8-19(24)23-17-10-15(20)9-16(21)11-17/h3-4,6-7,9-11,13,22H,5,8,12H2,1-2H3,(H,23,24). The molecule has 0 saturated carbocycles. The fraction of sp³-hybridized carbons (Fsp3) is 0.316. The van der Waals surface area contributed by atoms with Crippen LogP contribution < -0.4 is 10.0 Å². The number of aryl methyl sites for hydroxylation is 1. The minimum absolute atomic E-state index is 0.177. The molecule has 0 aliphatic rings. The van der Waals surface area contributed by atoms with Crippen molar-refractivity contribution in [2.24, 2.45) is 5.92 Å². The van der Waals surface area contributed by atoms with Gasteiger partial charge in [0.25, 0.3) is 0 Å². The Morgan fingerprint density at radius 2 is 1.63 bits per heavy atom. The zero-order chi connectivity index (χ0) is 20.0. The number of sulfonamides is 1. The van der Waals surface area contributed by atoms with E-state index in [-0.39, 0.29) is 23.1 Å². The number of anilines is 1. The summed E-state index contributed by atoms with van der Waals surface area (Å²) in [6.45, 7) is 4.26. The Balaban J connectivity index is 1.91. The van der Waals surface area contributed by atoms with Crippen molar-refractivity contribution in [2.45, 2.75) is 31.6 Å². The van der Waals surface area contributed by atoms with Crippen LogP contribution >= 0.6 is 23.2 Å². The third-order valence-electron chi connectivity index (χ3n) is 3.70. The minimum Gasteiger partial charge on any atom is -0.326 e. The average Bonchev–Trinajstić information content (AvgIpc) is 2.58. The summed E-state index contributed by atoms with van der Waals surface area (Å²) in [5.41, 5.74) is 1.41. The lowest BCUT2D eigenvalue weighted by atomic mass is 10.1. The fourth-order valence-electron chi connectivity index (χ4n) is 2.30. The topological polar surface area (TPSA) is 75.3 Å². The number of carbonyl (C=O) groups excluding carboxylic acids is 1. The highest BCUT2D eigenvalue weighted by molar-refractivity contribution is 7.89. The van der Waals surface area contributed by atoms with Gasteiger partial charge in [-0.05, 0) is 48.2 Å². The van der Waals surface area contributed by atoms with Crippen molar-refractivity contribution >= 4 is 44.8 Å². The zero-order valence-electron chi connectivity index (χ0n) is 15.1. The first-order valence-corrected chi connectivity index (χ1v) is 10.7. The van der Waals surface area contributed by atoms with Crippen LogP contribution in [0, 0.1) is 5.92 Å². The van der Waals surface area contributed by atoms with Gasteiger partial charge < -0.3 is 5.32 Å². The molecule has 2 rings (SSSR count). The van der Waals surface area contributed by atoms with E-state index in [1.54, 1.807) is 42.5 Å². The van der Waals surface area contributed by atoms with Crippen molar-refractivity contribution in [1.29, 1.82) is 0 Å². The summed E-state index contributed by atoms with van der Waals surface area (Å²) in [7, 11) is -3.51. The van der Waals surface area contributed by atoms with E-state index < -0.39 is 10.0 Å². The number of hydrogen-bond donors (Lipinski definition) is 2. The van der Waals surface area contributed by atoms with Crippen molar-refractivity contribution in [3.8, 4) is 0 Å². The average molecular weight is 429 g/mol. The highest BCUT2D eigenvalue weighted by Crippen LogP contribution is 2.22. The van der Waals surface area contributed by atoms with Gasteiger partial charge in [-0.2, -0.15) is 0 Å². The third-order valence-corrected chi connectivity index (χ3v) is 5.58. The molecule has 2 N–H and O–H groups in total. The maximum atomic E-state index is 12.2. The molecule has 146 valence electrons. The van der Waals surface area contributed by atoms with E-state index in [9.17, 15) is 13.2 Å². The first kappa shape index (κ1) is 21.7. The summed E-state index contributed by atoms with van der Waals surface area (Å²) in [6.07, 6.45) is 0.738. The van der Waals surface area contributed by atoms with Crippen LogP contribution in [0.25, 0.3) is 0 Å². The van der Waals surface area contributed by atoms with Gasteiger partial charge in [0, 0.05) is 28.7 Å². The Labute approximate surface area is 170 Å². The van der Waals surface area contributed by atoms with Crippen LogP contribution in [0.5, 0.6) is 0 Å². The number of carbonyl (C=O) groups is 1. The van der Waals surface area contributed by atoms with E-state index in [1.165, 1.54) is 0 Å². The van der Waals surface area contributed by atoms with Crippen molar-refractivity contribution in [3.63, 3.8) is 0 Å². The molecule has 5 nitrogen and oxygen atoms in total. The molecule has 0 radical (unpaired) electrons. The quantitative estimate of drug-likeness (QED) is 0.649. The van der Waals surface area contributed by atoms with Crippen molar-refractivity contribution in [1.82, 2.24) is 4.72 Å². The first-order valence-electron chi connectivity index (χ1n) is 8.50. The largest absolute Gasteiger partial charge is 0.326 e. The number of nitrogens with one attached hydrogen (secondary N) is 2. The van der Waals surface area contributed by atoms with E-state index in [2.05, 4.69) is 10.0 Å². The van der Waals surface area contributed by atoms with Gasteiger partial charge in [0.1, 0.15) is 0 Å². The molecule has 0 aliphatic heterocycles. The van der Waals surface area contributed by atoms with Crippen molar-refractivity contribution in [2.75, 3.05) is 11.9 Å². The Morgan fingerprint density at radius 1 is 1.04 bits per heavy atom. The molecule has 27 heavy (non-hydrogen) atoms. The lowest BCUT2D eigenvalue weighted by Crippen LogP contribution is -2.27. The van der Waals surface area contributed by atoms with Crippen molar-refractivity contribution < 1.29 is 13.2 Å². The molecule has 0 aromatic heterocycles. The maximum Gasteiger partial charge on any atom is 0.240 e. The van der Waals surface area contributed by atoms with Crippen LogP contribution in [0.15, 0.2) is 47.4 Å². The van der Waals surface area contributed by atoms with E-state index in [1.807, 2.05) is 13.8 Å². The number of halogens is 2. The lowest BCUT2D eigenvalue weighted by Gasteiger charge is -2.10. The van der Waals surface area contributed by atoms with E-state index >= 15 is 0 Å². The Kier molecular flexibility index (Phi) is 7.68. The van der Waals surface area contributed by atoms with Crippen LogP contribution in [0.3, 0.4) is 0 Å². The highest BCUT2D eigenvalue weighted by Gasteiger charge is 2.14. The number of benzene rings is 2. The van der Waals surface area contributed by atoms with Gasteiger partial charge in [0.05, 0.1) is 4.90 Å².